The Balaban J connectivity index is 1.85. The Morgan fingerprint density at radius 2 is 1.66 bits per heavy atom. The zero-order valence-electron chi connectivity index (χ0n) is 16.9. The monoisotopic (exact) mass is 384 g/mol. The molecule has 5 aromatic rings. The number of aryl methyl sites for hydroxylation is 1. The number of hydrogen-bond donors (Lipinski definition) is 0. The van der Waals surface area contributed by atoms with Gasteiger partial charge in [-0.15, -0.1) is 0 Å². The van der Waals surface area contributed by atoms with Crippen molar-refractivity contribution in [2.45, 2.75) is 33.1 Å². The summed E-state index contributed by atoms with van der Waals surface area (Å²) < 4.78 is 20.2. The van der Waals surface area contributed by atoms with E-state index in [2.05, 4.69) is 31.8 Å². The van der Waals surface area contributed by atoms with Crippen LogP contribution in [0.2, 0.25) is 0 Å². The molecule has 5 rings (SSSR count). The lowest BCUT2D eigenvalue weighted by atomic mass is 9.84. The van der Waals surface area contributed by atoms with E-state index >= 15 is 0 Å². The third kappa shape index (κ3) is 2.79. The first-order valence-corrected chi connectivity index (χ1v) is 9.71. The second-order valence-electron chi connectivity index (χ2n) is 8.51. The first-order valence-electron chi connectivity index (χ1n) is 9.71. The summed E-state index contributed by atoms with van der Waals surface area (Å²) in [6.07, 6.45) is 1.79. The SMILES string of the molecule is Cc1nc2cc(-c3nccc4c3ccc3c(F)cccc34)cc(C(C)(C)C)c2o1. The van der Waals surface area contributed by atoms with Gasteiger partial charge >= 0.3 is 0 Å². The number of pyridine rings is 1. The first-order chi connectivity index (χ1) is 13.8. The first kappa shape index (κ1) is 17.8. The molecule has 0 amide bonds. The van der Waals surface area contributed by atoms with Crippen LogP contribution >= 0.6 is 0 Å². The second-order valence-corrected chi connectivity index (χ2v) is 8.51. The van der Waals surface area contributed by atoms with Gasteiger partial charge in [-0.3, -0.25) is 4.98 Å². The molecule has 0 N–H and O–H groups in total. The van der Waals surface area contributed by atoms with E-state index in [1.165, 1.54) is 6.07 Å². The number of hydrogen-bond acceptors (Lipinski definition) is 3. The van der Waals surface area contributed by atoms with Crippen LogP contribution in [0.15, 0.2) is 59.1 Å². The van der Waals surface area contributed by atoms with Gasteiger partial charge in [0.25, 0.3) is 0 Å². The Kier molecular flexibility index (Phi) is 3.75. The molecule has 0 bridgehead atoms. The summed E-state index contributed by atoms with van der Waals surface area (Å²) in [5, 5.41) is 3.49. The van der Waals surface area contributed by atoms with Crippen LogP contribution in [-0.4, -0.2) is 9.97 Å². The summed E-state index contributed by atoms with van der Waals surface area (Å²) in [7, 11) is 0. The van der Waals surface area contributed by atoms with Crippen LogP contribution in [0, 0.1) is 12.7 Å². The van der Waals surface area contributed by atoms with E-state index in [0.29, 0.717) is 11.3 Å². The molecule has 0 atom stereocenters. The van der Waals surface area contributed by atoms with Gasteiger partial charge in [-0.1, -0.05) is 45.0 Å². The minimum absolute atomic E-state index is 0.110. The molecule has 144 valence electrons. The lowest BCUT2D eigenvalue weighted by Crippen LogP contribution is -2.11. The van der Waals surface area contributed by atoms with E-state index in [9.17, 15) is 4.39 Å². The van der Waals surface area contributed by atoms with E-state index in [4.69, 9.17) is 9.40 Å². The Morgan fingerprint density at radius 1 is 0.897 bits per heavy atom. The molecule has 29 heavy (non-hydrogen) atoms. The number of oxazole rings is 1. The number of rotatable bonds is 1. The maximum atomic E-state index is 14.3. The predicted molar refractivity (Wildman–Crippen MR) is 116 cm³/mol. The highest BCUT2D eigenvalue weighted by molar-refractivity contribution is 6.11. The molecular weight excluding hydrogens is 363 g/mol. The number of fused-ring (bicyclic) bond motifs is 4. The van der Waals surface area contributed by atoms with Crippen molar-refractivity contribution in [3.05, 3.63) is 72.0 Å². The molecule has 2 aromatic heterocycles. The normalized spacial score (nSPS) is 12.3. The van der Waals surface area contributed by atoms with Gasteiger partial charge < -0.3 is 4.42 Å². The van der Waals surface area contributed by atoms with Crippen LogP contribution in [0.25, 0.3) is 43.9 Å². The average Bonchev–Trinajstić information content (AvgIpc) is 3.06. The largest absolute Gasteiger partial charge is 0.441 e. The number of nitrogens with zero attached hydrogens (tertiary/aromatic N) is 2. The van der Waals surface area contributed by atoms with Crippen LogP contribution in [0.1, 0.15) is 32.2 Å². The molecule has 0 saturated heterocycles. The molecule has 3 aromatic carbocycles. The molecule has 0 aliphatic heterocycles. The third-order valence-electron chi connectivity index (χ3n) is 5.43. The molecule has 0 saturated carbocycles. The Bertz CT molecular complexity index is 1410. The van der Waals surface area contributed by atoms with Crippen LogP contribution in [-0.2, 0) is 5.41 Å². The van der Waals surface area contributed by atoms with Gasteiger partial charge in [0, 0.05) is 35.0 Å². The van der Waals surface area contributed by atoms with E-state index in [1.54, 1.807) is 12.3 Å². The van der Waals surface area contributed by atoms with Crippen molar-refractivity contribution < 1.29 is 8.81 Å². The van der Waals surface area contributed by atoms with Crippen molar-refractivity contribution in [1.82, 2.24) is 9.97 Å². The van der Waals surface area contributed by atoms with Gasteiger partial charge in [0.1, 0.15) is 11.3 Å². The lowest BCUT2D eigenvalue weighted by molar-refractivity contribution is 0.533. The minimum atomic E-state index is -0.211. The molecule has 2 heterocycles. The average molecular weight is 384 g/mol. The lowest BCUT2D eigenvalue weighted by Gasteiger charge is -2.20. The van der Waals surface area contributed by atoms with Gasteiger partial charge in [-0.2, -0.15) is 0 Å². The van der Waals surface area contributed by atoms with Gasteiger partial charge in [0.2, 0.25) is 0 Å². The van der Waals surface area contributed by atoms with Gasteiger partial charge in [-0.05, 0) is 40.5 Å². The number of halogens is 1. The highest BCUT2D eigenvalue weighted by Gasteiger charge is 2.22. The highest BCUT2D eigenvalue weighted by atomic mass is 19.1. The zero-order valence-corrected chi connectivity index (χ0v) is 16.9. The van der Waals surface area contributed by atoms with Crippen LogP contribution in [0.5, 0.6) is 0 Å². The molecular formula is C25H21FN2O. The number of benzene rings is 3. The maximum absolute atomic E-state index is 14.3. The molecule has 0 spiro atoms. The fourth-order valence-corrected chi connectivity index (χ4v) is 4.05. The fourth-order valence-electron chi connectivity index (χ4n) is 4.05. The van der Waals surface area contributed by atoms with Gasteiger partial charge in [0.15, 0.2) is 11.5 Å². The summed E-state index contributed by atoms with van der Waals surface area (Å²) in [4.78, 5) is 9.26. The van der Waals surface area contributed by atoms with Crippen LogP contribution < -0.4 is 0 Å². The zero-order chi connectivity index (χ0) is 20.3. The Morgan fingerprint density at radius 3 is 2.45 bits per heavy atom. The van der Waals surface area contributed by atoms with Crippen LogP contribution in [0.3, 0.4) is 0 Å². The quantitative estimate of drug-likeness (QED) is 0.294. The van der Waals surface area contributed by atoms with E-state index in [0.717, 1.165) is 44.1 Å². The molecule has 0 aliphatic carbocycles. The molecule has 0 radical (unpaired) electrons. The fraction of sp³-hybridized carbons (Fsp3) is 0.200. The predicted octanol–water partition coefficient (Wildman–Crippen LogP) is 6.94. The van der Waals surface area contributed by atoms with Crippen LogP contribution in [0.4, 0.5) is 4.39 Å². The number of aromatic nitrogens is 2. The second kappa shape index (κ2) is 6.11. The molecule has 4 heteroatoms. The third-order valence-corrected chi connectivity index (χ3v) is 5.43. The summed E-state index contributed by atoms with van der Waals surface area (Å²) in [6.45, 7) is 8.35. The van der Waals surface area contributed by atoms with Gasteiger partial charge in [-0.25, -0.2) is 9.37 Å². The molecule has 0 unspecified atom stereocenters. The van der Waals surface area contributed by atoms with Crippen molar-refractivity contribution in [2.75, 3.05) is 0 Å². The van der Waals surface area contributed by atoms with Crippen molar-refractivity contribution in [1.29, 1.82) is 0 Å². The Hall–Kier alpha value is -3.27. The Labute approximate surface area is 168 Å². The minimum Gasteiger partial charge on any atom is -0.441 e. The van der Waals surface area contributed by atoms with E-state index < -0.39 is 0 Å². The molecule has 0 fully saturated rings. The van der Waals surface area contributed by atoms with Crippen molar-refractivity contribution in [2.24, 2.45) is 0 Å². The standard InChI is InChI=1S/C25H21FN2O/c1-14-28-22-13-15(12-20(24(22)29-14)25(2,3)4)23-19-9-8-18-16(6-5-7-21(18)26)17(19)10-11-27-23/h5-13H,1-4H3. The summed E-state index contributed by atoms with van der Waals surface area (Å²) in [6, 6.07) is 15.1. The summed E-state index contributed by atoms with van der Waals surface area (Å²) in [5.74, 6) is 0.437. The maximum Gasteiger partial charge on any atom is 0.192 e. The highest BCUT2D eigenvalue weighted by Crippen LogP contribution is 2.37. The molecule has 0 aliphatic rings. The van der Waals surface area contributed by atoms with Crippen molar-refractivity contribution in [3.8, 4) is 11.3 Å². The van der Waals surface area contributed by atoms with Crippen molar-refractivity contribution >= 4 is 32.6 Å². The van der Waals surface area contributed by atoms with E-state index in [1.807, 2.05) is 37.3 Å². The summed E-state index contributed by atoms with van der Waals surface area (Å²) in [5.41, 5.74) is 4.48. The summed E-state index contributed by atoms with van der Waals surface area (Å²) >= 11 is 0. The molecule has 3 nitrogen and oxygen atoms in total. The smallest absolute Gasteiger partial charge is 0.192 e. The van der Waals surface area contributed by atoms with Crippen molar-refractivity contribution in [3.63, 3.8) is 0 Å². The van der Waals surface area contributed by atoms with E-state index in [-0.39, 0.29) is 11.2 Å². The topological polar surface area (TPSA) is 38.9 Å². The van der Waals surface area contributed by atoms with Gasteiger partial charge in [0.05, 0.1) is 5.69 Å².